The molecule has 1 aliphatic heterocycles. The average Bonchev–Trinajstić information content (AvgIpc) is 2.33. The van der Waals surface area contributed by atoms with E-state index in [0.717, 1.165) is 12.0 Å². The Morgan fingerprint density at radius 1 is 1.53 bits per heavy atom. The van der Waals surface area contributed by atoms with Crippen LogP contribution < -0.4 is 4.90 Å². The van der Waals surface area contributed by atoms with Crippen molar-refractivity contribution in [1.82, 2.24) is 0 Å². The second kappa shape index (κ2) is 4.04. The molecule has 1 atom stereocenters. The average molecular weight is 250 g/mol. The predicted molar refractivity (Wildman–Crippen MR) is 65.7 cm³/mol. The summed E-state index contributed by atoms with van der Waals surface area (Å²) >= 11 is 0. The first-order valence-electron chi connectivity index (χ1n) is 5.48. The molecule has 0 bridgehead atoms. The summed E-state index contributed by atoms with van der Waals surface area (Å²) in [5, 5.41) is 9.03. The first kappa shape index (κ1) is 11.9. The largest absolute Gasteiger partial charge is 0.357 e. The van der Waals surface area contributed by atoms with Crippen LogP contribution in [0.15, 0.2) is 23.1 Å². The maximum absolute atomic E-state index is 12.1. The van der Waals surface area contributed by atoms with Crippen molar-refractivity contribution < 1.29 is 8.42 Å². The van der Waals surface area contributed by atoms with Crippen LogP contribution in [0.3, 0.4) is 0 Å². The third-order valence-corrected chi connectivity index (χ3v) is 4.90. The summed E-state index contributed by atoms with van der Waals surface area (Å²) in [6.07, 6.45) is 0.751. The van der Waals surface area contributed by atoms with Gasteiger partial charge >= 0.3 is 0 Å². The lowest BCUT2D eigenvalue weighted by Gasteiger charge is -2.33. The molecule has 5 heteroatoms. The number of sulfone groups is 1. The van der Waals surface area contributed by atoms with Gasteiger partial charge in [0.05, 0.1) is 22.4 Å². The van der Waals surface area contributed by atoms with Gasteiger partial charge in [0.25, 0.3) is 0 Å². The highest BCUT2D eigenvalue weighted by molar-refractivity contribution is 7.91. The van der Waals surface area contributed by atoms with Crippen molar-refractivity contribution in [2.24, 2.45) is 0 Å². The Labute approximate surface area is 101 Å². The van der Waals surface area contributed by atoms with E-state index in [2.05, 4.69) is 0 Å². The zero-order valence-corrected chi connectivity index (χ0v) is 10.7. The van der Waals surface area contributed by atoms with Crippen molar-refractivity contribution in [2.45, 2.75) is 24.3 Å². The lowest BCUT2D eigenvalue weighted by Crippen LogP contribution is -2.41. The van der Waals surface area contributed by atoms with Gasteiger partial charge in [-0.05, 0) is 18.1 Å². The molecule has 90 valence electrons. The van der Waals surface area contributed by atoms with Crippen LogP contribution in [0.2, 0.25) is 0 Å². The van der Waals surface area contributed by atoms with E-state index in [4.69, 9.17) is 5.26 Å². The molecule has 0 spiro atoms. The quantitative estimate of drug-likeness (QED) is 0.755. The third-order valence-electron chi connectivity index (χ3n) is 3.15. The van der Waals surface area contributed by atoms with Crippen molar-refractivity contribution in [2.75, 3.05) is 17.7 Å². The molecule has 1 aromatic rings. The summed E-state index contributed by atoms with van der Waals surface area (Å²) in [6, 6.07) is 6.74. The fourth-order valence-corrected chi connectivity index (χ4v) is 3.94. The summed E-state index contributed by atoms with van der Waals surface area (Å²) in [4.78, 5) is 2.13. The first-order chi connectivity index (χ1) is 8.01. The molecular weight excluding hydrogens is 236 g/mol. The van der Waals surface area contributed by atoms with Crippen LogP contribution in [0, 0.1) is 11.3 Å². The Morgan fingerprint density at radius 3 is 2.82 bits per heavy atom. The Bertz CT molecular complexity index is 587. The highest BCUT2D eigenvalue weighted by Gasteiger charge is 2.34. The minimum Gasteiger partial charge on any atom is -0.357 e. The third kappa shape index (κ3) is 1.79. The van der Waals surface area contributed by atoms with E-state index in [1.54, 1.807) is 24.1 Å². The molecule has 2 rings (SSSR count). The van der Waals surface area contributed by atoms with Crippen LogP contribution in [0.4, 0.5) is 5.69 Å². The monoisotopic (exact) mass is 250 g/mol. The topological polar surface area (TPSA) is 61.2 Å². The molecule has 0 saturated carbocycles. The molecule has 4 nitrogen and oxygen atoms in total. The molecule has 17 heavy (non-hydrogen) atoms. The zero-order valence-electron chi connectivity index (χ0n) is 9.84. The summed E-state index contributed by atoms with van der Waals surface area (Å²) < 4.78 is 24.2. The van der Waals surface area contributed by atoms with E-state index in [-0.39, 0.29) is 5.75 Å². The second-order valence-corrected chi connectivity index (χ2v) is 6.16. The number of aryl methyl sites for hydroxylation is 1. The Balaban J connectivity index is 2.74. The van der Waals surface area contributed by atoms with Gasteiger partial charge in [0.2, 0.25) is 0 Å². The smallest absolute Gasteiger partial charge is 0.183 e. The maximum atomic E-state index is 12.1. The summed E-state index contributed by atoms with van der Waals surface area (Å²) in [5.41, 5.74) is 1.65. The van der Waals surface area contributed by atoms with Gasteiger partial charge in [0.1, 0.15) is 6.04 Å². The number of nitrogens with zero attached hydrogens (tertiary/aromatic N) is 2. The van der Waals surface area contributed by atoms with E-state index >= 15 is 0 Å². The molecular formula is C12H14N2O2S. The summed E-state index contributed by atoms with van der Waals surface area (Å²) in [5.74, 6) is -0.125. The van der Waals surface area contributed by atoms with Crippen LogP contribution in [0.5, 0.6) is 0 Å². The molecule has 0 aliphatic carbocycles. The van der Waals surface area contributed by atoms with Crippen molar-refractivity contribution in [3.05, 3.63) is 23.8 Å². The Hall–Kier alpha value is -1.54. The van der Waals surface area contributed by atoms with Crippen LogP contribution in [-0.2, 0) is 16.3 Å². The Morgan fingerprint density at radius 2 is 2.24 bits per heavy atom. The molecule has 1 aliphatic rings. The van der Waals surface area contributed by atoms with E-state index < -0.39 is 15.9 Å². The number of fused-ring (bicyclic) bond motifs is 1. The zero-order chi connectivity index (χ0) is 12.6. The highest BCUT2D eigenvalue weighted by atomic mass is 32.2. The number of para-hydroxylation sites is 1. The first-order valence-corrected chi connectivity index (χ1v) is 7.13. The number of nitriles is 1. The van der Waals surface area contributed by atoms with Gasteiger partial charge in [0.15, 0.2) is 9.84 Å². The normalized spacial score (nSPS) is 21.7. The van der Waals surface area contributed by atoms with Gasteiger partial charge in [-0.25, -0.2) is 8.42 Å². The maximum Gasteiger partial charge on any atom is 0.183 e. The molecule has 1 heterocycles. The van der Waals surface area contributed by atoms with Gasteiger partial charge in [-0.3, -0.25) is 0 Å². The number of hydrogen-bond donors (Lipinski definition) is 0. The van der Waals surface area contributed by atoms with Crippen LogP contribution in [0.1, 0.15) is 12.5 Å². The van der Waals surface area contributed by atoms with Gasteiger partial charge in [-0.2, -0.15) is 5.26 Å². The van der Waals surface area contributed by atoms with E-state index in [1.165, 1.54) is 0 Å². The summed E-state index contributed by atoms with van der Waals surface area (Å²) in [7, 11) is -1.55. The predicted octanol–water partition coefficient (Wildman–Crippen LogP) is 1.36. The number of hydrogen-bond acceptors (Lipinski definition) is 4. The van der Waals surface area contributed by atoms with Gasteiger partial charge in [-0.1, -0.05) is 19.1 Å². The minimum atomic E-state index is -3.33. The number of anilines is 1. The molecule has 0 aromatic heterocycles. The number of rotatable bonds is 1. The van der Waals surface area contributed by atoms with Crippen LogP contribution in [-0.4, -0.2) is 27.3 Å². The molecule has 0 amide bonds. The highest BCUT2D eigenvalue weighted by Crippen LogP contribution is 2.35. The second-order valence-electron chi connectivity index (χ2n) is 4.15. The molecule has 0 N–H and O–H groups in total. The standard InChI is InChI=1S/C12H14N2O2S/c1-3-9-5-4-6-11-12(9)14(2)10(7-13)8-17(11,15)16/h4-6,10H,3,8H2,1-2H3. The lowest BCUT2D eigenvalue weighted by molar-refractivity contribution is 0.585. The fourth-order valence-electron chi connectivity index (χ4n) is 2.19. The van der Waals surface area contributed by atoms with Crippen molar-refractivity contribution in [1.29, 1.82) is 5.26 Å². The van der Waals surface area contributed by atoms with Crippen LogP contribution in [0.25, 0.3) is 0 Å². The molecule has 0 radical (unpaired) electrons. The van der Waals surface area contributed by atoms with E-state index in [1.807, 2.05) is 19.1 Å². The van der Waals surface area contributed by atoms with Crippen LogP contribution >= 0.6 is 0 Å². The molecule has 0 fully saturated rings. The van der Waals surface area contributed by atoms with Gasteiger partial charge in [-0.15, -0.1) is 0 Å². The minimum absolute atomic E-state index is 0.125. The van der Waals surface area contributed by atoms with Gasteiger partial charge in [0, 0.05) is 7.05 Å². The van der Waals surface area contributed by atoms with Crippen molar-refractivity contribution in [3.63, 3.8) is 0 Å². The summed E-state index contributed by atoms with van der Waals surface area (Å²) in [6.45, 7) is 1.98. The van der Waals surface area contributed by atoms with E-state index in [0.29, 0.717) is 10.6 Å². The SMILES string of the molecule is CCc1cccc2c1N(C)C(C#N)CS2(=O)=O. The van der Waals surface area contributed by atoms with E-state index in [9.17, 15) is 8.42 Å². The Kier molecular flexibility index (Phi) is 2.84. The molecule has 0 saturated heterocycles. The molecule has 1 aromatic carbocycles. The van der Waals surface area contributed by atoms with Gasteiger partial charge < -0.3 is 4.90 Å². The molecule has 1 unspecified atom stereocenters. The van der Waals surface area contributed by atoms with Crippen molar-refractivity contribution in [3.8, 4) is 6.07 Å². The van der Waals surface area contributed by atoms with Crippen molar-refractivity contribution >= 4 is 15.5 Å². The number of benzene rings is 1. The fraction of sp³-hybridized carbons (Fsp3) is 0.417. The lowest BCUT2D eigenvalue weighted by atomic mass is 10.1.